The van der Waals surface area contributed by atoms with E-state index < -0.39 is 0 Å². The Morgan fingerprint density at radius 1 is 1.12 bits per heavy atom. The molecule has 2 saturated heterocycles. The zero-order valence-electron chi connectivity index (χ0n) is 14.6. The summed E-state index contributed by atoms with van der Waals surface area (Å²) in [7, 11) is 2.14. The van der Waals surface area contributed by atoms with E-state index in [1.807, 2.05) is 11.0 Å². The van der Waals surface area contributed by atoms with Gasteiger partial charge in [-0.05, 0) is 45.1 Å². The van der Waals surface area contributed by atoms with Crippen LogP contribution in [0.1, 0.15) is 12.8 Å². The Morgan fingerprint density at radius 2 is 1.84 bits per heavy atom. The van der Waals surface area contributed by atoms with Crippen molar-refractivity contribution in [2.45, 2.75) is 18.9 Å². The summed E-state index contributed by atoms with van der Waals surface area (Å²) in [6.07, 6.45) is 2.10. The SMILES string of the molecule is CN1CCC(NC(=O)N2CCN(c3nc4ccccc4s3)CC2)CC1. The average molecular weight is 359 g/mol. The van der Waals surface area contributed by atoms with Gasteiger partial charge in [0.2, 0.25) is 0 Å². The zero-order chi connectivity index (χ0) is 17.2. The summed E-state index contributed by atoms with van der Waals surface area (Å²) in [5, 5.41) is 4.28. The number of piperazine rings is 1. The molecule has 0 radical (unpaired) electrons. The second kappa shape index (κ2) is 7.17. The minimum absolute atomic E-state index is 0.0958. The number of likely N-dealkylation sites (tertiary alicyclic amines) is 1. The van der Waals surface area contributed by atoms with Gasteiger partial charge in [-0.2, -0.15) is 0 Å². The van der Waals surface area contributed by atoms with Gasteiger partial charge in [0.05, 0.1) is 10.2 Å². The largest absolute Gasteiger partial charge is 0.345 e. The number of piperidine rings is 1. The van der Waals surface area contributed by atoms with Crippen molar-refractivity contribution < 1.29 is 4.79 Å². The third-order valence-corrected chi connectivity index (χ3v) is 6.26. The molecule has 134 valence electrons. The lowest BCUT2D eigenvalue weighted by atomic mass is 10.1. The topological polar surface area (TPSA) is 51.7 Å². The van der Waals surface area contributed by atoms with E-state index in [-0.39, 0.29) is 6.03 Å². The standard InChI is InChI=1S/C18H25N5OS/c1-21-8-6-14(7-9-21)19-17(24)22-10-12-23(13-11-22)18-20-15-4-2-3-5-16(15)25-18/h2-5,14H,6-13H2,1H3,(H,19,24). The van der Waals surface area contributed by atoms with Crippen LogP contribution in [0.5, 0.6) is 0 Å². The molecule has 0 saturated carbocycles. The first-order chi connectivity index (χ1) is 12.2. The number of anilines is 1. The molecule has 2 aromatic rings. The molecule has 1 aromatic heterocycles. The number of hydrogen-bond donors (Lipinski definition) is 1. The second-order valence-electron chi connectivity index (χ2n) is 6.97. The summed E-state index contributed by atoms with van der Waals surface area (Å²) in [6.45, 7) is 5.34. The third-order valence-electron chi connectivity index (χ3n) is 5.17. The van der Waals surface area contributed by atoms with Crippen LogP contribution in [0.4, 0.5) is 9.93 Å². The van der Waals surface area contributed by atoms with Crippen LogP contribution in [0, 0.1) is 0 Å². The molecule has 7 heteroatoms. The lowest BCUT2D eigenvalue weighted by molar-refractivity contribution is 0.178. The molecule has 2 amide bonds. The number of hydrogen-bond acceptors (Lipinski definition) is 5. The number of nitrogens with one attached hydrogen (secondary N) is 1. The number of amides is 2. The van der Waals surface area contributed by atoms with Crippen molar-refractivity contribution in [2.24, 2.45) is 0 Å². The van der Waals surface area contributed by atoms with E-state index in [0.29, 0.717) is 6.04 Å². The van der Waals surface area contributed by atoms with E-state index >= 15 is 0 Å². The zero-order valence-corrected chi connectivity index (χ0v) is 15.5. The molecule has 2 fully saturated rings. The first kappa shape index (κ1) is 16.6. The Bertz CT molecular complexity index is 699. The van der Waals surface area contributed by atoms with Crippen LogP contribution in [0.25, 0.3) is 10.2 Å². The quantitative estimate of drug-likeness (QED) is 0.893. The highest BCUT2D eigenvalue weighted by molar-refractivity contribution is 7.22. The monoisotopic (exact) mass is 359 g/mol. The van der Waals surface area contributed by atoms with E-state index in [0.717, 1.165) is 62.8 Å². The predicted octanol–water partition coefficient (Wildman–Crippen LogP) is 2.22. The van der Waals surface area contributed by atoms with Crippen LogP contribution in [-0.2, 0) is 0 Å². The van der Waals surface area contributed by atoms with Gasteiger partial charge in [-0.25, -0.2) is 9.78 Å². The van der Waals surface area contributed by atoms with Crippen molar-refractivity contribution in [3.05, 3.63) is 24.3 Å². The number of rotatable bonds is 2. The molecule has 2 aliphatic rings. The number of fused-ring (bicyclic) bond motifs is 1. The van der Waals surface area contributed by atoms with Crippen LogP contribution >= 0.6 is 11.3 Å². The maximum atomic E-state index is 12.5. The third kappa shape index (κ3) is 3.72. The smallest absolute Gasteiger partial charge is 0.317 e. The summed E-state index contributed by atoms with van der Waals surface area (Å²) < 4.78 is 1.22. The van der Waals surface area contributed by atoms with E-state index in [4.69, 9.17) is 4.98 Å². The molecule has 4 rings (SSSR count). The number of urea groups is 1. The molecule has 1 aromatic carbocycles. The summed E-state index contributed by atoms with van der Waals surface area (Å²) >= 11 is 1.73. The maximum absolute atomic E-state index is 12.5. The van der Waals surface area contributed by atoms with Crippen LogP contribution in [0.2, 0.25) is 0 Å². The molecule has 1 N–H and O–H groups in total. The summed E-state index contributed by atoms with van der Waals surface area (Å²) in [4.78, 5) is 23.8. The highest BCUT2D eigenvalue weighted by Gasteiger charge is 2.25. The number of aromatic nitrogens is 1. The summed E-state index contributed by atoms with van der Waals surface area (Å²) in [5.41, 5.74) is 1.06. The first-order valence-electron chi connectivity index (χ1n) is 9.03. The van der Waals surface area contributed by atoms with Gasteiger partial charge >= 0.3 is 6.03 Å². The minimum atomic E-state index is 0.0958. The molecule has 6 nitrogen and oxygen atoms in total. The van der Waals surface area contributed by atoms with E-state index in [1.54, 1.807) is 11.3 Å². The average Bonchev–Trinajstić information content (AvgIpc) is 3.08. The van der Waals surface area contributed by atoms with Gasteiger partial charge in [-0.15, -0.1) is 0 Å². The van der Waals surface area contributed by atoms with Crippen molar-refractivity contribution in [1.82, 2.24) is 20.1 Å². The van der Waals surface area contributed by atoms with Gasteiger partial charge in [0.1, 0.15) is 0 Å². The molecular weight excluding hydrogens is 334 g/mol. The van der Waals surface area contributed by atoms with Crippen molar-refractivity contribution in [2.75, 3.05) is 51.2 Å². The molecule has 0 atom stereocenters. The molecule has 0 spiro atoms. The Kier molecular flexibility index (Phi) is 4.76. The van der Waals surface area contributed by atoms with Crippen LogP contribution in [-0.4, -0.2) is 73.2 Å². The summed E-state index contributed by atoms with van der Waals surface area (Å²) in [5.74, 6) is 0. The predicted molar refractivity (Wildman–Crippen MR) is 102 cm³/mol. The number of benzene rings is 1. The number of carbonyl (C=O) groups is 1. The lowest BCUT2D eigenvalue weighted by Crippen LogP contribution is -2.54. The molecule has 0 unspecified atom stereocenters. The van der Waals surface area contributed by atoms with Gasteiger partial charge in [0.25, 0.3) is 0 Å². The van der Waals surface area contributed by atoms with Crippen LogP contribution in [0.3, 0.4) is 0 Å². The fourth-order valence-corrected chi connectivity index (χ4v) is 4.53. The van der Waals surface area contributed by atoms with Gasteiger partial charge in [0.15, 0.2) is 5.13 Å². The van der Waals surface area contributed by atoms with Gasteiger partial charge < -0.3 is 20.0 Å². The van der Waals surface area contributed by atoms with E-state index in [2.05, 4.69) is 40.4 Å². The van der Waals surface area contributed by atoms with E-state index in [1.165, 1.54) is 4.70 Å². The molecule has 0 aliphatic carbocycles. The Morgan fingerprint density at radius 3 is 2.56 bits per heavy atom. The highest BCUT2D eigenvalue weighted by Crippen LogP contribution is 2.29. The fourth-order valence-electron chi connectivity index (χ4n) is 3.51. The van der Waals surface area contributed by atoms with Crippen LogP contribution < -0.4 is 10.2 Å². The molecule has 25 heavy (non-hydrogen) atoms. The molecule has 3 heterocycles. The second-order valence-corrected chi connectivity index (χ2v) is 7.97. The molecular formula is C18H25N5OS. The van der Waals surface area contributed by atoms with Crippen molar-refractivity contribution in [3.63, 3.8) is 0 Å². The number of thiazole rings is 1. The number of nitrogens with zero attached hydrogens (tertiary/aromatic N) is 4. The Hall–Kier alpha value is -1.86. The number of para-hydroxylation sites is 1. The van der Waals surface area contributed by atoms with Gasteiger partial charge in [-0.1, -0.05) is 23.5 Å². The molecule has 2 aliphatic heterocycles. The highest BCUT2D eigenvalue weighted by atomic mass is 32.1. The minimum Gasteiger partial charge on any atom is -0.345 e. The van der Waals surface area contributed by atoms with Crippen molar-refractivity contribution in [1.29, 1.82) is 0 Å². The Labute approximate surface area is 152 Å². The van der Waals surface area contributed by atoms with Crippen molar-refractivity contribution >= 4 is 32.7 Å². The normalized spacial score (nSPS) is 20.2. The van der Waals surface area contributed by atoms with E-state index in [9.17, 15) is 4.79 Å². The van der Waals surface area contributed by atoms with Crippen LogP contribution in [0.15, 0.2) is 24.3 Å². The molecule has 0 bridgehead atoms. The van der Waals surface area contributed by atoms with Crippen molar-refractivity contribution in [3.8, 4) is 0 Å². The fraction of sp³-hybridized carbons (Fsp3) is 0.556. The Balaban J connectivity index is 1.31. The summed E-state index contributed by atoms with van der Waals surface area (Å²) in [6, 6.07) is 8.67. The lowest BCUT2D eigenvalue weighted by Gasteiger charge is -2.36. The van der Waals surface area contributed by atoms with Gasteiger partial charge in [0, 0.05) is 32.2 Å². The maximum Gasteiger partial charge on any atom is 0.317 e. The van der Waals surface area contributed by atoms with Gasteiger partial charge in [-0.3, -0.25) is 0 Å². The first-order valence-corrected chi connectivity index (χ1v) is 9.85. The number of carbonyl (C=O) groups excluding carboxylic acids is 1.